The highest BCUT2D eigenvalue weighted by Gasteiger charge is 2.14. The van der Waals surface area contributed by atoms with Crippen molar-refractivity contribution < 1.29 is 14.2 Å². The Morgan fingerprint density at radius 2 is 1.73 bits per heavy atom. The SMILES string of the molecule is COc1cc(-c2cccc(NCc3cnc(Cl)s3)c2)cc(OC)c1OC. The van der Waals surface area contributed by atoms with Gasteiger partial charge in [0.2, 0.25) is 5.75 Å². The van der Waals surface area contributed by atoms with Gasteiger partial charge in [0.05, 0.1) is 27.9 Å². The molecule has 1 aromatic heterocycles. The molecular weight excluding hydrogens is 372 g/mol. The zero-order chi connectivity index (χ0) is 18.5. The van der Waals surface area contributed by atoms with Gasteiger partial charge in [-0.2, -0.15) is 0 Å². The maximum absolute atomic E-state index is 5.87. The van der Waals surface area contributed by atoms with Gasteiger partial charge in [0, 0.05) is 16.8 Å². The van der Waals surface area contributed by atoms with Crippen molar-refractivity contribution in [3.63, 3.8) is 0 Å². The van der Waals surface area contributed by atoms with Gasteiger partial charge in [-0.05, 0) is 35.4 Å². The highest BCUT2D eigenvalue weighted by molar-refractivity contribution is 7.15. The molecule has 0 fully saturated rings. The summed E-state index contributed by atoms with van der Waals surface area (Å²) in [6.45, 7) is 0.670. The van der Waals surface area contributed by atoms with Gasteiger partial charge >= 0.3 is 0 Å². The van der Waals surface area contributed by atoms with Crippen molar-refractivity contribution in [2.24, 2.45) is 0 Å². The van der Waals surface area contributed by atoms with Gasteiger partial charge in [0.1, 0.15) is 0 Å². The van der Waals surface area contributed by atoms with E-state index in [0.29, 0.717) is 28.3 Å². The van der Waals surface area contributed by atoms with E-state index in [2.05, 4.69) is 16.4 Å². The number of nitrogens with one attached hydrogen (secondary N) is 1. The Morgan fingerprint density at radius 1 is 1.00 bits per heavy atom. The van der Waals surface area contributed by atoms with E-state index in [0.717, 1.165) is 21.7 Å². The van der Waals surface area contributed by atoms with Gasteiger partial charge in [0.25, 0.3) is 0 Å². The summed E-state index contributed by atoms with van der Waals surface area (Å²) in [5.41, 5.74) is 3.02. The highest BCUT2D eigenvalue weighted by atomic mass is 35.5. The minimum atomic E-state index is 0.549. The standard InChI is InChI=1S/C19H19ClN2O3S/c1-23-16-8-13(9-17(24-2)18(16)25-3)12-5-4-6-14(7-12)21-10-15-11-22-19(20)26-15/h4-9,11,21H,10H2,1-3H3. The molecular formula is C19H19ClN2O3S. The summed E-state index contributed by atoms with van der Waals surface area (Å²) < 4.78 is 16.8. The Labute approximate surface area is 161 Å². The van der Waals surface area contributed by atoms with Crippen LogP contribution in [0.2, 0.25) is 4.47 Å². The summed E-state index contributed by atoms with van der Waals surface area (Å²) in [6.07, 6.45) is 1.78. The molecule has 0 amide bonds. The Bertz CT molecular complexity index is 873. The van der Waals surface area contributed by atoms with Crippen molar-refractivity contribution in [3.05, 3.63) is 51.9 Å². The number of anilines is 1. The molecule has 0 bridgehead atoms. The van der Waals surface area contributed by atoms with Gasteiger partial charge in [-0.25, -0.2) is 4.98 Å². The Balaban J connectivity index is 1.87. The molecule has 26 heavy (non-hydrogen) atoms. The van der Waals surface area contributed by atoms with E-state index < -0.39 is 0 Å². The summed E-state index contributed by atoms with van der Waals surface area (Å²) in [5, 5.41) is 3.39. The number of nitrogens with zero attached hydrogens (tertiary/aromatic N) is 1. The third kappa shape index (κ3) is 4.03. The molecule has 5 nitrogen and oxygen atoms in total. The molecule has 0 unspecified atom stereocenters. The van der Waals surface area contributed by atoms with Crippen molar-refractivity contribution in [1.82, 2.24) is 4.98 Å². The number of aromatic nitrogens is 1. The van der Waals surface area contributed by atoms with E-state index in [1.165, 1.54) is 11.3 Å². The zero-order valence-corrected chi connectivity index (χ0v) is 16.3. The highest BCUT2D eigenvalue weighted by Crippen LogP contribution is 2.41. The van der Waals surface area contributed by atoms with Crippen molar-refractivity contribution in [2.75, 3.05) is 26.6 Å². The number of hydrogen-bond donors (Lipinski definition) is 1. The lowest BCUT2D eigenvalue weighted by atomic mass is 10.0. The second-order valence-electron chi connectivity index (χ2n) is 5.43. The molecule has 1 heterocycles. The predicted molar refractivity (Wildman–Crippen MR) is 106 cm³/mol. The maximum atomic E-state index is 5.87. The fourth-order valence-corrected chi connectivity index (χ4v) is 3.53. The van der Waals surface area contributed by atoms with Crippen molar-refractivity contribution in [2.45, 2.75) is 6.54 Å². The molecule has 0 spiro atoms. The van der Waals surface area contributed by atoms with Crippen LogP contribution in [0, 0.1) is 0 Å². The monoisotopic (exact) mass is 390 g/mol. The van der Waals surface area contributed by atoms with E-state index >= 15 is 0 Å². The summed E-state index contributed by atoms with van der Waals surface area (Å²) >= 11 is 7.34. The maximum Gasteiger partial charge on any atom is 0.203 e. The topological polar surface area (TPSA) is 52.6 Å². The quantitative estimate of drug-likeness (QED) is 0.608. The van der Waals surface area contributed by atoms with E-state index in [-0.39, 0.29) is 0 Å². The fraction of sp³-hybridized carbons (Fsp3) is 0.211. The minimum Gasteiger partial charge on any atom is -0.493 e. The first-order chi connectivity index (χ1) is 12.6. The van der Waals surface area contributed by atoms with E-state index in [9.17, 15) is 0 Å². The average molecular weight is 391 g/mol. The smallest absolute Gasteiger partial charge is 0.203 e. The van der Waals surface area contributed by atoms with Crippen LogP contribution in [0.1, 0.15) is 4.88 Å². The summed E-state index contributed by atoms with van der Waals surface area (Å²) in [7, 11) is 4.81. The molecule has 0 aliphatic carbocycles. The van der Waals surface area contributed by atoms with Crippen LogP contribution in [0.15, 0.2) is 42.6 Å². The lowest BCUT2D eigenvalue weighted by Crippen LogP contribution is -1.98. The normalized spacial score (nSPS) is 10.5. The molecule has 0 saturated carbocycles. The number of ether oxygens (including phenoxy) is 3. The van der Waals surface area contributed by atoms with Crippen molar-refractivity contribution in [3.8, 4) is 28.4 Å². The Hall–Kier alpha value is -2.44. The zero-order valence-electron chi connectivity index (χ0n) is 14.7. The van der Waals surface area contributed by atoms with E-state index in [1.807, 2.05) is 30.3 Å². The molecule has 0 aliphatic heterocycles. The van der Waals surface area contributed by atoms with Crippen LogP contribution in [0.5, 0.6) is 17.2 Å². The molecule has 0 saturated heterocycles. The largest absolute Gasteiger partial charge is 0.493 e. The second kappa shape index (κ2) is 8.29. The van der Waals surface area contributed by atoms with Gasteiger partial charge < -0.3 is 19.5 Å². The lowest BCUT2D eigenvalue weighted by Gasteiger charge is -2.15. The molecule has 136 valence electrons. The molecule has 0 aliphatic rings. The number of benzene rings is 2. The first-order valence-corrected chi connectivity index (χ1v) is 9.08. The number of hydrogen-bond acceptors (Lipinski definition) is 6. The van der Waals surface area contributed by atoms with Gasteiger partial charge in [-0.15, -0.1) is 11.3 Å². The summed E-state index contributed by atoms with van der Waals surface area (Å²) in [6, 6.07) is 12.0. The molecule has 3 rings (SSSR count). The van der Waals surface area contributed by atoms with Crippen molar-refractivity contribution in [1.29, 1.82) is 0 Å². The van der Waals surface area contributed by atoms with Gasteiger partial charge in [-0.3, -0.25) is 0 Å². The summed E-state index contributed by atoms with van der Waals surface area (Å²) in [4.78, 5) is 5.13. The Morgan fingerprint density at radius 3 is 2.31 bits per heavy atom. The molecule has 0 atom stereocenters. The summed E-state index contributed by atoms with van der Waals surface area (Å²) in [5.74, 6) is 1.83. The minimum absolute atomic E-state index is 0.549. The molecule has 7 heteroatoms. The molecule has 1 N–H and O–H groups in total. The average Bonchev–Trinajstić information content (AvgIpc) is 3.10. The Kier molecular flexibility index (Phi) is 5.85. The molecule has 2 aromatic carbocycles. The number of methoxy groups -OCH3 is 3. The van der Waals surface area contributed by atoms with Gasteiger partial charge in [-0.1, -0.05) is 23.7 Å². The van der Waals surface area contributed by atoms with Crippen molar-refractivity contribution >= 4 is 28.6 Å². The first kappa shape index (κ1) is 18.4. The number of thiazole rings is 1. The third-order valence-corrected chi connectivity index (χ3v) is 4.97. The van der Waals surface area contributed by atoms with Crippen LogP contribution in [0.4, 0.5) is 5.69 Å². The fourth-order valence-electron chi connectivity index (χ4n) is 2.61. The van der Waals surface area contributed by atoms with Crippen LogP contribution in [-0.4, -0.2) is 26.3 Å². The van der Waals surface area contributed by atoms with Crippen LogP contribution in [0.3, 0.4) is 0 Å². The van der Waals surface area contributed by atoms with Crippen LogP contribution in [-0.2, 0) is 6.54 Å². The number of halogens is 1. The van der Waals surface area contributed by atoms with Crippen LogP contribution in [0.25, 0.3) is 11.1 Å². The second-order valence-corrected chi connectivity index (χ2v) is 7.13. The first-order valence-electron chi connectivity index (χ1n) is 7.89. The van der Waals surface area contributed by atoms with Crippen LogP contribution >= 0.6 is 22.9 Å². The molecule has 0 radical (unpaired) electrons. The lowest BCUT2D eigenvalue weighted by molar-refractivity contribution is 0.324. The predicted octanol–water partition coefficient (Wildman–Crippen LogP) is 5.10. The van der Waals surface area contributed by atoms with E-state index in [1.54, 1.807) is 27.5 Å². The molecule has 3 aromatic rings. The van der Waals surface area contributed by atoms with Gasteiger partial charge in [0.15, 0.2) is 16.0 Å². The number of rotatable bonds is 7. The van der Waals surface area contributed by atoms with E-state index in [4.69, 9.17) is 25.8 Å². The third-order valence-electron chi connectivity index (χ3n) is 3.85. The van der Waals surface area contributed by atoms with Crippen LogP contribution < -0.4 is 19.5 Å².